The van der Waals surface area contributed by atoms with Crippen LogP contribution in [0.5, 0.6) is 5.75 Å². The smallest absolute Gasteiger partial charge is 0.317 e. The van der Waals surface area contributed by atoms with Gasteiger partial charge >= 0.3 is 11.8 Å². The second kappa shape index (κ2) is 16.3. The molecule has 15 heteroatoms. The van der Waals surface area contributed by atoms with Crippen molar-refractivity contribution in [2.75, 3.05) is 40.4 Å². The Bertz CT molecular complexity index is 1220. The van der Waals surface area contributed by atoms with Gasteiger partial charge < -0.3 is 39.7 Å². The van der Waals surface area contributed by atoms with Crippen molar-refractivity contribution >= 4 is 81.4 Å². The summed E-state index contributed by atoms with van der Waals surface area (Å²) in [5.74, 6) is -1.06. The van der Waals surface area contributed by atoms with Crippen LogP contribution in [-0.4, -0.2) is 79.9 Å². The normalized spacial score (nSPS) is 19.8. The zero-order valence-corrected chi connectivity index (χ0v) is 29.8. The summed E-state index contributed by atoms with van der Waals surface area (Å²) in [7, 11) is 3.28. The number of methoxy groups -OCH3 is 1. The van der Waals surface area contributed by atoms with Gasteiger partial charge in [-0.2, -0.15) is 0 Å². The first-order valence-corrected chi connectivity index (χ1v) is 16.5. The molecule has 0 bridgehead atoms. The molecule has 232 valence electrons. The number of ether oxygens (including phenoxy) is 3. The molecule has 0 aliphatic carbocycles. The maximum Gasteiger partial charge on any atom is 0.317 e. The predicted molar refractivity (Wildman–Crippen MR) is 173 cm³/mol. The lowest BCUT2D eigenvalue weighted by molar-refractivity contribution is -0.225. The number of amides is 3. The average molecular weight is 846 g/mol. The first-order valence-electron chi connectivity index (χ1n) is 13.3. The number of hydrogen-bond donors (Lipinski definition) is 3. The lowest BCUT2D eigenvalue weighted by atomic mass is 10.0. The number of carbonyl (C=O) groups excluding carboxylic acids is 2. The number of hydrogen-bond acceptors (Lipinski definition) is 8. The fraction of sp³-hybridized carbons (Fsp3) is 0.519. The number of likely N-dealkylation sites (N-methyl/N-ethyl adjacent to an activating group) is 1. The standard InChI is InChI=1S/C27H34Br4N4O7/c1-4-5-8-33-26(38)35(2)10-7-16-12-17(28)23(18(29)13-16)40-11-6-9-32-25(37)21-24(36)27(42-34-21)14-19(30)22(39-3)20(31)15-41-27/h12-13,15,24,36H,4-11,14H2,1-3H3,(H,32,37)(H,33,38)/t24-,27-/m1/s1. The van der Waals surface area contributed by atoms with E-state index in [0.29, 0.717) is 53.0 Å². The summed E-state index contributed by atoms with van der Waals surface area (Å²) in [4.78, 5) is 32.0. The first kappa shape index (κ1) is 34.7. The summed E-state index contributed by atoms with van der Waals surface area (Å²) >= 11 is 13.9. The van der Waals surface area contributed by atoms with E-state index in [4.69, 9.17) is 19.0 Å². The highest BCUT2D eigenvalue weighted by Gasteiger charge is 2.54. The minimum absolute atomic E-state index is 0.0602. The van der Waals surface area contributed by atoms with Crippen LogP contribution in [-0.2, 0) is 25.5 Å². The molecular weight excluding hydrogens is 812 g/mol. The molecule has 2 aliphatic heterocycles. The van der Waals surface area contributed by atoms with Crippen molar-refractivity contribution < 1.29 is 33.7 Å². The number of nitrogens with zero attached hydrogens (tertiary/aromatic N) is 2. The van der Waals surface area contributed by atoms with E-state index in [2.05, 4.69) is 86.4 Å². The Balaban J connectivity index is 1.44. The Morgan fingerprint density at radius 3 is 2.52 bits per heavy atom. The Kier molecular flexibility index (Phi) is 13.5. The molecule has 1 aromatic rings. The predicted octanol–water partition coefficient (Wildman–Crippen LogP) is 5.43. The monoisotopic (exact) mass is 842 g/mol. The van der Waals surface area contributed by atoms with Gasteiger partial charge in [0.15, 0.2) is 11.8 Å². The summed E-state index contributed by atoms with van der Waals surface area (Å²) in [6.07, 6.45) is 3.13. The van der Waals surface area contributed by atoms with Gasteiger partial charge in [0, 0.05) is 31.2 Å². The van der Waals surface area contributed by atoms with Gasteiger partial charge in [0.05, 0.1) is 33.6 Å². The number of aliphatic hydroxyl groups excluding tert-OH is 1. The molecule has 3 rings (SSSR count). The molecule has 42 heavy (non-hydrogen) atoms. The van der Waals surface area contributed by atoms with Crippen LogP contribution in [0.1, 0.15) is 38.2 Å². The quantitative estimate of drug-likeness (QED) is 0.226. The second-order valence-electron chi connectivity index (χ2n) is 9.58. The third kappa shape index (κ3) is 8.87. The van der Waals surface area contributed by atoms with Gasteiger partial charge in [-0.15, -0.1) is 0 Å². The molecule has 0 fully saturated rings. The number of nitrogens with one attached hydrogen (secondary N) is 2. The molecule has 1 aromatic carbocycles. The molecule has 0 unspecified atom stereocenters. The molecule has 1 spiro atoms. The first-order chi connectivity index (χ1) is 20.0. The highest BCUT2D eigenvalue weighted by atomic mass is 79.9. The molecule has 0 radical (unpaired) electrons. The van der Waals surface area contributed by atoms with Crippen molar-refractivity contribution in [1.29, 1.82) is 0 Å². The van der Waals surface area contributed by atoms with E-state index in [1.54, 1.807) is 11.9 Å². The van der Waals surface area contributed by atoms with E-state index < -0.39 is 17.8 Å². The topological polar surface area (TPSA) is 131 Å². The maximum absolute atomic E-state index is 12.7. The molecule has 2 aliphatic rings. The summed E-state index contributed by atoms with van der Waals surface area (Å²) in [6.45, 7) is 3.94. The zero-order valence-electron chi connectivity index (χ0n) is 23.5. The van der Waals surface area contributed by atoms with Crippen molar-refractivity contribution in [3.05, 3.63) is 47.6 Å². The van der Waals surface area contributed by atoms with Crippen LogP contribution >= 0.6 is 63.7 Å². The van der Waals surface area contributed by atoms with Crippen LogP contribution in [0.25, 0.3) is 0 Å². The van der Waals surface area contributed by atoms with E-state index in [9.17, 15) is 14.7 Å². The van der Waals surface area contributed by atoms with E-state index in [1.165, 1.54) is 13.4 Å². The highest BCUT2D eigenvalue weighted by molar-refractivity contribution is 9.12. The van der Waals surface area contributed by atoms with Gasteiger partial charge in [0.25, 0.3) is 5.91 Å². The maximum atomic E-state index is 12.7. The Labute approximate surface area is 278 Å². The van der Waals surface area contributed by atoms with Gasteiger partial charge in [-0.1, -0.05) is 34.4 Å². The van der Waals surface area contributed by atoms with E-state index in [1.807, 2.05) is 12.1 Å². The summed E-state index contributed by atoms with van der Waals surface area (Å²) in [6, 6.07) is 3.85. The van der Waals surface area contributed by atoms with E-state index in [-0.39, 0.29) is 24.7 Å². The van der Waals surface area contributed by atoms with Crippen molar-refractivity contribution in [3.8, 4) is 5.75 Å². The second-order valence-corrected chi connectivity index (χ2v) is 13.1. The third-order valence-corrected chi connectivity index (χ3v) is 8.80. The Morgan fingerprint density at radius 2 is 1.86 bits per heavy atom. The molecule has 0 saturated heterocycles. The van der Waals surface area contributed by atoms with Gasteiger partial charge in [-0.05, 0) is 84.7 Å². The van der Waals surface area contributed by atoms with Gasteiger partial charge in [0.2, 0.25) is 0 Å². The van der Waals surface area contributed by atoms with Crippen LogP contribution < -0.4 is 15.4 Å². The lowest BCUT2D eigenvalue weighted by Crippen LogP contribution is -2.49. The van der Waals surface area contributed by atoms with Gasteiger partial charge in [-0.25, -0.2) is 4.79 Å². The molecule has 0 aromatic heterocycles. The van der Waals surface area contributed by atoms with Crippen LogP contribution in [0.15, 0.2) is 47.2 Å². The minimum Gasteiger partial charge on any atom is -0.495 e. The van der Waals surface area contributed by atoms with Crippen LogP contribution in [0.3, 0.4) is 0 Å². The van der Waals surface area contributed by atoms with Crippen LogP contribution in [0, 0.1) is 0 Å². The van der Waals surface area contributed by atoms with Crippen molar-refractivity contribution in [2.24, 2.45) is 5.16 Å². The number of carbonyl (C=O) groups is 2. The molecule has 2 heterocycles. The van der Waals surface area contributed by atoms with E-state index >= 15 is 0 Å². The van der Waals surface area contributed by atoms with Crippen LogP contribution in [0.2, 0.25) is 0 Å². The zero-order chi connectivity index (χ0) is 30.9. The molecule has 3 amide bonds. The molecule has 2 atom stereocenters. The molecule has 11 nitrogen and oxygen atoms in total. The van der Waals surface area contributed by atoms with E-state index in [0.717, 1.165) is 27.4 Å². The fourth-order valence-corrected chi connectivity index (χ4v) is 7.07. The SMILES string of the molecule is CCCCNC(=O)N(C)CCc1cc(Br)c(OCCCNC(=O)C2=NO[C@]3(CC(Br)=C(OC)C(Br)=CO3)[C@@H]2O)c(Br)c1. The fourth-order valence-electron chi connectivity index (χ4n) is 4.04. The Morgan fingerprint density at radius 1 is 1.17 bits per heavy atom. The van der Waals surface area contributed by atoms with Gasteiger partial charge in [0.1, 0.15) is 17.8 Å². The number of rotatable bonds is 13. The number of urea groups is 1. The number of halogens is 4. The highest BCUT2D eigenvalue weighted by Crippen LogP contribution is 2.41. The number of allylic oxidation sites excluding steroid dienone is 1. The third-order valence-electron chi connectivity index (χ3n) is 6.44. The minimum atomic E-state index is -1.60. The van der Waals surface area contributed by atoms with Crippen molar-refractivity contribution in [3.63, 3.8) is 0 Å². The number of benzene rings is 1. The summed E-state index contributed by atoms with van der Waals surface area (Å²) < 4.78 is 19.6. The average Bonchev–Trinajstić information content (AvgIpc) is 3.20. The summed E-state index contributed by atoms with van der Waals surface area (Å²) in [5, 5.41) is 20.3. The van der Waals surface area contributed by atoms with Gasteiger partial charge in [-0.3, -0.25) is 4.79 Å². The number of oxime groups is 1. The number of aliphatic hydroxyl groups is 1. The summed E-state index contributed by atoms with van der Waals surface area (Å²) in [5.41, 5.74) is 0.852. The van der Waals surface area contributed by atoms with Crippen molar-refractivity contribution in [1.82, 2.24) is 15.5 Å². The molecule has 3 N–H and O–H groups in total. The number of unbranched alkanes of at least 4 members (excludes halogenated alkanes) is 1. The lowest BCUT2D eigenvalue weighted by Gasteiger charge is -2.27. The van der Waals surface area contributed by atoms with Crippen molar-refractivity contribution in [2.45, 2.75) is 50.9 Å². The Hall–Kier alpha value is -1.81. The van der Waals surface area contributed by atoms with Crippen LogP contribution in [0.4, 0.5) is 4.79 Å². The molecule has 0 saturated carbocycles. The largest absolute Gasteiger partial charge is 0.495 e. The molecular formula is C27H34Br4N4O7.